The van der Waals surface area contributed by atoms with Crippen molar-refractivity contribution in [3.8, 4) is 0 Å². The SMILES string of the molecule is NC1C2CC[C@H]1CN(C1CCCCCCC1)C2. The predicted molar refractivity (Wildman–Crippen MR) is 71.9 cm³/mol. The molecule has 0 amide bonds. The lowest BCUT2D eigenvalue weighted by atomic mass is 9.89. The van der Waals surface area contributed by atoms with Crippen LogP contribution in [-0.4, -0.2) is 30.1 Å². The van der Waals surface area contributed by atoms with Crippen LogP contribution in [0.5, 0.6) is 0 Å². The quantitative estimate of drug-likeness (QED) is 0.758. The van der Waals surface area contributed by atoms with Crippen LogP contribution in [0.1, 0.15) is 57.8 Å². The van der Waals surface area contributed by atoms with Gasteiger partial charge in [-0.05, 0) is 37.5 Å². The summed E-state index contributed by atoms with van der Waals surface area (Å²) in [5.74, 6) is 1.64. The molecule has 2 bridgehead atoms. The first-order valence-corrected chi connectivity index (χ1v) is 7.84. The van der Waals surface area contributed by atoms with Gasteiger partial charge in [0.1, 0.15) is 0 Å². The molecule has 2 saturated carbocycles. The molecule has 98 valence electrons. The fourth-order valence-corrected chi connectivity index (χ4v) is 4.40. The Hall–Kier alpha value is -0.0800. The Balaban J connectivity index is 1.60. The van der Waals surface area contributed by atoms with E-state index in [0.717, 1.165) is 17.9 Å². The topological polar surface area (TPSA) is 29.3 Å². The third-order valence-electron chi connectivity index (χ3n) is 5.53. The fourth-order valence-electron chi connectivity index (χ4n) is 4.40. The van der Waals surface area contributed by atoms with Crippen LogP contribution in [-0.2, 0) is 0 Å². The summed E-state index contributed by atoms with van der Waals surface area (Å²) in [5.41, 5.74) is 6.31. The van der Waals surface area contributed by atoms with Crippen molar-refractivity contribution in [3.05, 3.63) is 0 Å². The molecule has 2 heteroatoms. The summed E-state index contributed by atoms with van der Waals surface area (Å²) in [4.78, 5) is 2.82. The Morgan fingerprint density at radius 1 is 0.706 bits per heavy atom. The Bertz CT molecular complexity index is 231. The summed E-state index contributed by atoms with van der Waals surface area (Å²) in [6, 6.07) is 1.42. The number of nitrogens with two attached hydrogens (primary N) is 1. The van der Waals surface area contributed by atoms with Crippen molar-refractivity contribution >= 4 is 0 Å². The second-order valence-corrected chi connectivity index (χ2v) is 6.63. The van der Waals surface area contributed by atoms with Crippen LogP contribution in [0.4, 0.5) is 0 Å². The highest BCUT2D eigenvalue weighted by atomic mass is 15.2. The van der Waals surface area contributed by atoms with E-state index in [1.807, 2.05) is 0 Å². The van der Waals surface area contributed by atoms with Gasteiger partial charge in [-0.2, -0.15) is 0 Å². The molecule has 0 aromatic carbocycles. The number of rotatable bonds is 1. The minimum absolute atomic E-state index is 0.528. The van der Waals surface area contributed by atoms with Crippen molar-refractivity contribution in [3.63, 3.8) is 0 Å². The van der Waals surface area contributed by atoms with Crippen molar-refractivity contribution in [2.75, 3.05) is 13.1 Å². The molecule has 1 heterocycles. The summed E-state index contributed by atoms with van der Waals surface area (Å²) in [6.45, 7) is 2.62. The second-order valence-electron chi connectivity index (χ2n) is 6.63. The molecule has 17 heavy (non-hydrogen) atoms. The summed E-state index contributed by atoms with van der Waals surface area (Å²) in [6.07, 6.45) is 13.0. The van der Waals surface area contributed by atoms with E-state index < -0.39 is 0 Å². The first-order valence-electron chi connectivity index (χ1n) is 7.84. The Labute approximate surface area is 106 Å². The van der Waals surface area contributed by atoms with Crippen LogP contribution < -0.4 is 5.73 Å². The Morgan fingerprint density at radius 2 is 1.24 bits per heavy atom. The van der Waals surface area contributed by atoms with Crippen molar-refractivity contribution in [2.45, 2.75) is 69.9 Å². The standard InChI is InChI=1S/C15H28N2/c16-15-12-8-9-13(15)11-17(10-12)14-6-4-2-1-3-5-7-14/h12-15H,1-11,16H2/t12-,13?,15?/m0/s1. The Morgan fingerprint density at radius 3 is 1.82 bits per heavy atom. The van der Waals surface area contributed by atoms with Crippen LogP contribution in [0, 0.1) is 11.8 Å². The highest BCUT2D eigenvalue weighted by Crippen LogP contribution is 2.37. The lowest BCUT2D eigenvalue weighted by Gasteiger charge is -2.41. The number of hydrogen-bond donors (Lipinski definition) is 1. The van der Waals surface area contributed by atoms with Gasteiger partial charge < -0.3 is 5.73 Å². The average molecular weight is 236 g/mol. The Kier molecular flexibility index (Phi) is 3.72. The highest BCUT2D eigenvalue weighted by molar-refractivity contribution is 4.97. The van der Waals surface area contributed by atoms with Gasteiger partial charge in [0.2, 0.25) is 0 Å². The van der Waals surface area contributed by atoms with Gasteiger partial charge in [0, 0.05) is 25.2 Å². The fraction of sp³-hybridized carbons (Fsp3) is 1.00. The molecule has 0 aromatic heterocycles. The third-order valence-corrected chi connectivity index (χ3v) is 5.53. The maximum atomic E-state index is 6.31. The van der Waals surface area contributed by atoms with E-state index in [9.17, 15) is 0 Å². The van der Waals surface area contributed by atoms with Gasteiger partial charge in [0.25, 0.3) is 0 Å². The largest absolute Gasteiger partial charge is 0.327 e. The van der Waals surface area contributed by atoms with Crippen LogP contribution >= 0.6 is 0 Å². The number of hydrogen-bond acceptors (Lipinski definition) is 2. The molecule has 2 aliphatic carbocycles. The smallest absolute Gasteiger partial charge is 0.0120 e. The van der Waals surface area contributed by atoms with Gasteiger partial charge in [-0.15, -0.1) is 0 Å². The highest BCUT2D eigenvalue weighted by Gasteiger charge is 2.41. The van der Waals surface area contributed by atoms with E-state index in [0.29, 0.717) is 6.04 Å². The van der Waals surface area contributed by atoms with Gasteiger partial charge in [-0.25, -0.2) is 0 Å². The van der Waals surface area contributed by atoms with Gasteiger partial charge in [-0.3, -0.25) is 4.90 Å². The second kappa shape index (κ2) is 5.27. The molecule has 2 nitrogen and oxygen atoms in total. The summed E-state index contributed by atoms with van der Waals surface area (Å²) < 4.78 is 0. The maximum Gasteiger partial charge on any atom is 0.0120 e. The van der Waals surface area contributed by atoms with E-state index in [2.05, 4.69) is 4.90 Å². The van der Waals surface area contributed by atoms with Crippen LogP contribution in [0.15, 0.2) is 0 Å². The predicted octanol–water partition coefficient (Wildman–Crippen LogP) is 2.77. The molecule has 3 fully saturated rings. The van der Waals surface area contributed by atoms with Gasteiger partial charge >= 0.3 is 0 Å². The van der Waals surface area contributed by atoms with Crippen LogP contribution in [0.2, 0.25) is 0 Å². The van der Waals surface area contributed by atoms with E-state index in [1.165, 1.54) is 70.9 Å². The molecule has 3 rings (SSSR count). The average Bonchev–Trinajstić information content (AvgIpc) is 2.50. The number of likely N-dealkylation sites (tertiary alicyclic amines) is 1. The lowest BCUT2D eigenvalue weighted by molar-refractivity contribution is 0.0865. The molecule has 1 aliphatic heterocycles. The third kappa shape index (κ3) is 2.53. The minimum atomic E-state index is 0.528. The van der Waals surface area contributed by atoms with E-state index in [4.69, 9.17) is 5.73 Å². The molecule has 0 radical (unpaired) electrons. The first-order chi connectivity index (χ1) is 8.34. The zero-order valence-electron chi connectivity index (χ0n) is 11.1. The zero-order chi connectivity index (χ0) is 11.7. The molecule has 1 saturated heterocycles. The first kappa shape index (κ1) is 12.0. The van der Waals surface area contributed by atoms with Crippen molar-refractivity contribution in [2.24, 2.45) is 17.6 Å². The molecule has 2 unspecified atom stereocenters. The van der Waals surface area contributed by atoms with E-state index >= 15 is 0 Å². The zero-order valence-corrected chi connectivity index (χ0v) is 11.1. The van der Waals surface area contributed by atoms with Gasteiger partial charge in [0.15, 0.2) is 0 Å². The molecule has 0 spiro atoms. The molecular formula is C15H28N2. The van der Waals surface area contributed by atoms with Crippen LogP contribution in [0.3, 0.4) is 0 Å². The summed E-state index contributed by atoms with van der Waals surface area (Å²) in [7, 11) is 0. The summed E-state index contributed by atoms with van der Waals surface area (Å²) >= 11 is 0. The minimum Gasteiger partial charge on any atom is -0.327 e. The van der Waals surface area contributed by atoms with Crippen molar-refractivity contribution < 1.29 is 0 Å². The number of fused-ring (bicyclic) bond motifs is 2. The van der Waals surface area contributed by atoms with E-state index in [1.54, 1.807) is 0 Å². The van der Waals surface area contributed by atoms with E-state index in [-0.39, 0.29) is 0 Å². The summed E-state index contributed by atoms with van der Waals surface area (Å²) in [5, 5.41) is 0. The van der Waals surface area contributed by atoms with Crippen LogP contribution in [0.25, 0.3) is 0 Å². The van der Waals surface area contributed by atoms with Gasteiger partial charge in [-0.1, -0.05) is 32.1 Å². The maximum absolute atomic E-state index is 6.31. The van der Waals surface area contributed by atoms with Crippen molar-refractivity contribution in [1.82, 2.24) is 4.90 Å². The van der Waals surface area contributed by atoms with Crippen molar-refractivity contribution in [1.29, 1.82) is 0 Å². The molecular weight excluding hydrogens is 208 g/mol. The number of nitrogens with zero attached hydrogens (tertiary/aromatic N) is 1. The van der Waals surface area contributed by atoms with Gasteiger partial charge in [0.05, 0.1) is 0 Å². The normalized spacial score (nSPS) is 41.1. The molecule has 3 atom stereocenters. The lowest BCUT2D eigenvalue weighted by Crippen LogP contribution is -2.52. The molecule has 3 aliphatic rings. The monoisotopic (exact) mass is 236 g/mol. The molecule has 0 aromatic rings. The molecule has 2 N–H and O–H groups in total. The number of piperidine rings is 1.